The molecule has 6 nitrogen and oxygen atoms in total. The Kier molecular flexibility index (Phi) is 3.51. The Bertz CT molecular complexity index is 582. The lowest BCUT2D eigenvalue weighted by atomic mass is 10.3. The molecule has 0 saturated carbocycles. The largest absolute Gasteiger partial charge is 0.501 e. The SMILES string of the molecule is CNc1ccc(S(=O)(=O)C(F)(F)F)cc1[N+](=O)[O-]. The summed E-state index contributed by atoms with van der Waals surface area (Å²) in [4.78, 5) is 8.46. The van der Waals surface area contributed by atoms with Gasteiger partial charge in [0.05, 0.1) is 9.82 Å². The van der Waals surface area contributed by atoms with Gasteiger partial charge in [0, 0.05) is 13.1 Å². The Labute approximate surface area is 99.5 Å². The van der Waals surface area contributed by atoms with Crippen molar-refractivity contribution in [1.29, 1.82) is 0 Å². The van der Waals surface area contributed by atoms with Crippen LogP contribution in [0.4, 0.5) is 24.5 Å². The van der Waals surface area contributed by atoms with Gasteiger partial charge in [-0.2, -0.15) is 13.2 Å². The Morgan fingerprint density at radius 1 is 1.33 bits per heavy atom. The number of hydrogen-bond acceptors (Lipinski definition) is 5. The molecule has 0 aliphatic carbocycles. The zero-order chi connectivity index (χ0) is 14.1. The molecule has 0 heterocycles. The number of benzene rings is 1. The van der Waals surface area contributed by atoms with E-state index in [1.54, 1.807) is 0 Å². The predicted molar refractivity (Wildman–Crippen MR) is 55.9 cm³/mol. The quantitative estimate of drug-likeness (QED) is 0.676. The van der Waals surface area contributed by atoms with E-state index < -0.39 is 30.9 Å². The maximum absolute atomic E-state index is 12.3. The second-order valence-electron chi connectivity index (χ2n) is 3.14. The Hall–Kier alpha value is -1.84. The number of anilines is 1. The van der Waals surface area contributed by atoms with E-state index >= 15 is 0 Å². The summed E-state index contributed by atoms with van der Waals surface area (Å²) in [6.45, 7) is 0. The second-order valence-corrected chi connectivity index (χ2v) is 5.08. The maximum atomic E-state index is 12.3. The Balaban J connectivity index is 3.48. The van der Waals surface area contributed by atoms with E-state index in [-0.39, 0.29) is 5.69 Å². The maximum Gasteiger partial charge on any atom is 0.501 e. The minimum absolute atomic E-state index is 0.0823. The third kappa shape index (κ3) is 2.37. The van der Waals surface area contributed by atoms with Crippen LogP contribution < -0.4 is 5.32 Å². The number of sulfone groups is 1. The first-order valence-corrected chi connectivity index (χ1v) is 5.87. The Morgan fingerprint density at radius 2 is 1.89 bits per heavy atom. The van der Waals surface area contributed by atoms with Crippen molar-refractivity contribution in [2.24, 2.45) is 0 Å². The summed E-state index contributed by atoms with van der Waals surface area (Å²) >= 11 is 0. The fourth-order valence-corrected chi connectivity index (χ4v) is 1.96. The van der Waals surface area contributed by atoms with Crippen molar-refractivity contribution in [1.82, 2.24) is 0 Å². The molecule has 0 fully saturated rings. The summed E-state index contributed by atoms with van der Waals surface area (Å²) in [5.41, 5.74) is -6.33. The van der Waals surface area contributed by atoms with Crippen molar-refractivity contribution in [3.63, 3.8) is 0 Å². The molecular formula is C8H7F3N2O4S. The molecule has 0 amide bonds. The number of rotatable bonds is 3. The molecule has 0 aromatic heterocycles. The van der Waals surface area contributed by atoms with Crippen LogP contribution in [-0.4, -0.2) is 25.9 Å². The molecule has 100 valence electrons. The summed E-state index contributed by atoms with van der Waals surface area (Å²) < 4.78 is 58.9. The summed E-state index contributed by atoms with van der Waals surface area (Å²) in [5.74, 6) is 0. The van der Waals surface area contributed by atoms with E-state index in [1.807, 2.05) is 0 Å². The van der Waals surface area contributed by atoms with Crippen molar-refractivity contribution in [3.8, 4) is 0 Å². The van der Waals surface area contributed by atoms with Gasteiger partial charge in [0.2, 0.25) is 0 Å². The molecule has 0 unspecified atom stereocenters. The number of alkyl halides is 3. The minimum Gasteiger partial charge on any atom is -0.383 e. The summed E-state index contributed by atoms with van der Waals surface area (Å²) in [7, 11) is -4.27. The molecule has 0 radical (unpaired) electrons. The van der Waals surface area contributed by atoms with Crippen molar-refractivity contribution in [2.75, 3.05) is 12.4 Å². The highest BCUT2D eigenvalue weighted by atomic mass is 32.2. The number of halogens is 3. The molecule has 0 saturated heterocycles. The molecule has 1 aromatic carbocycles. The van der Waals surface area contributed by atoms with Crippen LogP contribution in [0, 0.1) is 10.1 Å². The molecule has 1 aromatic rings. The molecule has 18 heavy (non-hydrogen) atoms. The smallest absolute Gasteiger partial charge is 0.383 e. The first-order chi connectivity index (χ1) is 8.11. The lowest BCUT2D eigenvalue weighted by Gasteiger charge is -2.09. The van der Waals surface area contributed by atoms with Gasteiger partial charge in [0.1, 0.15) is 5.69 Å². The number of nitrogens with zero attached hydrogens (tertiary/aromatic N) is 1. The average Bonchev–Trinajstić information content (AvgIpc) is 2.26. The van der Waals surface area contributed by atoms with Crippen molar-refractivity contribution >= 4 is 21.2 Å². The van der Waals surface area contributed by atoms with E-state index in [4.69, 9.17) is 0 Å². The van der Waals surface area contributed by atoms with E-state index in [0.29, 0.717) is 12.1 Å². The minimum atomic E-state index is -5.59. The first-order valence-electron chi connectivity index (χ1n) is 4.39. The van der Waals surface area contributed by atoms with Gasteiger partial charge >= 0.3 is 5.51 Å². The molecule has 0 atom stereocenters. The summed E-state index contributed by atoms with van der Waals surface area (Å²) in [5, 5.41) is 13.0. The van der Waals surface area contributed by atoms with Crippen LogP contribution in [0.15, 0.2) is 23.1 Å². The van der Waals surface area contributed by atoms with Crippen LogP contribution in [0.5, 0.6) is 0 Å². The van der Waals surface area contributed by atoms with E-state index in [2.05, 4.69) is 5.32 Å². The number of nitro benzene ring substituents is 1. The number of hydrogen-bond donors (Lipinski definition) is 1. The third-order valence-corrected chi connectivity index (χ3v) is 3.53. The molecule has 0 aliphatic heterocycles. The number of nitro groups is 1. The van der Waals surface area contributed by atoms with Crippen LogP contribution in [0.25, 0.3) is 0 Å². The van der Waals surface area contributed by atoms with Crippen LogP contribution in [0.2, 0.25) is 0 Å². The molecule has 0 bridgehead atoms. The lowest BCUT2D eigenvalue weighted by Crippen LogP contribution is -2.23. The summed E-state index contributed by atoms with van der Waals surface area (Å²) in [6, 6.07) is 1.92. The highest BCUT2D eigenvalue weighted by molar-refractivity contribution is 7.92. The van der Waals surface area contributed by atoms with Crippen molar-refractivity contribution < 1.29 is 26.5 Å². The first kappa shape index (κ1) is 14.2. The number of nitrogens with one attached hydrogen (secondary N) is 1. The van der Waals surface area contributed by atoms with E-state index in [9.17, 15) is 31.7 Å². The van der Waals surface area contributed by atoms with Gasteiger partial charge in [-0.1, -0.05) is 0 Å². The van der Waals surface area contributed by atoms with Gasteiger partial charge in [0.25, 0.3) is 15.5 Å². The zero-order valence-electron chi connectivity index (χ0n) is 8.85. The molecular weight excluding hydrogens is 277 g/mol. The topological polar surface area (TPSA) is 89.3 Å². The fourth-order valence-electron chi connectivity index (χ4n) is 1.17. The van der Waals surface area contributed by atoms with Gasteiger partial charge in [-0.3, -0.25) is 10.1 Å². The zero-order valence-corrected chi connectivity index (χ0v) is 9.67. The van der Waals surface area contributed by atoms with Crippen LogP contribution in [0.3, 0.4) is 0 Å². The fraction of sp³-hybridized carbons (Fsp3) is 0.250. The molecule has 0 spiro atoms. The molecule has 1 N–H and O–H groups in total. The van der Waals surface area contributed by atoms with Crippen LogP contribution in [-0.2, 0) is 9.84 Å². The monoisotopic (exact) mass is 284 g/mol. The lowest BCUT2D eigenvalue weighted by molar-refractivity contribution is -0.384. The van der Waals surface area contributed by atoms with E-state index in [1.165, 1.54) is 7.05 Å². The standard InChI is InChI=1S/C8H7F3N2O4S/c1-12-6-3-2-5(4-7(6)13(14)15)18(16,17)8(9,10)11/h2-4,12H,1H3. The van der Waals surface area contributed by atoms with Crippen LogP contribution in [0.1, 0.15) is 0 Å². The highest BCUT2D eigenvalue weighted by Crippen LogP contribution is 2.34. The third-order valence-electron chi connectivity index (χ3n) is 2.05. The average molecular weight is 284 g/mol. The van der Waals surface area contributed by atoms with Gasteiger partial charge in [-0.25, -0.2) is 8.42 Å². The van der Waals surface area contributed by atoms with Gasteiger partial charge in [-0.05, 0) is 12.1 Å². The van der Waals surface area contributed by atoms with Gasteiger partial charge in [0.15, 0.2) is 0 Å². The predicted octanol–water partition coefficient (Wildman–Crippen LogP) is 1.93. The summed E-state index contributed by atoms with van der Waals surface area (Å²) in [6.07, 6.45) is 0. The normalized spacial score (nSPS) is 12.2. The van der Waals surface area contributed by atoms with Gasteiger partial charge in [-0.15, -0.1) is 0 Å². The second kappa shape index (κ2) is 4.44. The van der Waals surface area contributed by atoms with Crippen molar-refractivity contribution in [2.45, 2.75) is 10.4 Å². The Morgan fingerprint density at radius 3 is 2.28 bits per heavy atom. The van der Waals surface area contributed by atoms with E-state index in [0.717, 1.165) is 6.07 Å². The molecule has 10 heteroatoms. The molecule has 0 aliphatic rings. The van der Waals surface area contributed by atoms with Crippen molar-refractivity contribution in [3.05, 3.63) is 28.3 Å². The highest BCUT2D eigenvalue weighted by Gasteiger charge is 2.47. The van der Waals surface area contributed by atoms with Gasteiger partial charge < -0.3 is 5.32 Å². The molecule has 1 rings (SSSR count). The van der Waals surface area contributed by atoms with Crippen LogP contribution >= 0.6 is 0 Å².